The summed E-state index contributed by atoms with van der Waals surface area (Å²) < 4.78 is 6.71. The van der Waals surface area contributed by atoms with Gasteiger partial charge in [-0.15, -0.1) is 0 Å². The smallest absolute Gasteiger partial charge is 0.133 e. The Morgan fingerprint density at radius 2 is 2.24 bits per heavy atom. The summed E-state index contributed by atoms with van der Waals surface area (Å²) >= 11 is 5.34. The fourth-order valence-electron chi connectivity index (χ4n) is 1.42. The third-order valence-electron chi connectivity index (χ3n) is 2.30. The summed E-state index contributed by atoms with van der Waals surface area (Å²) in [5.41, 5.74) is 1.28. The van der Waals surface area contributed by atoms with Crippen molar-refractivity contribution in [2.45, 2.75) is 19.9 Å². The van der Waals surface area contributed by atoms with E-state index in [9.17, 15) is 0 Å². The van der Waals surface area contributed by atoms with Gasteiger partial charge in [-0.05, 0) is 52.8 Å². The van der Waals surface area contributed by atoms with Gasteiger partial charge in [-0.25, -0.2) is 0 Å². The first-order valence-corrected chi connectivity index (χ1v) is 8.07. The topological polar surface area (TPSA) is 21.3 Å². The maximum Gasteiger partial charge on any atom is 0.133 e. The molecular weight excluding hydrogens is 298 g/mol. The van der Waals surface area contributed by atoms with Crippen LogP contribution in [0.2, 0.25) is 0 Å². The number of benzene rings is 1. The lowest BCUT2D eigenvalue weighted by Gasteiger charge is -2.09. The second-order valence-electron chi connectivity index (χ2n) is 3.78. The highest BCUT2D eigenvalue weighted by Crippen LogP contribution is 2.26. The molecule has 0 unspecified atom stereocenters. The molecule has 0 spiro atoms. The van der Waals surface area contributed by atoms with Gasteiger partial charge >= 0.3 is 0 Å². The van der Waals surface area contributed by atoms with Gasteiger partial charge in [0.25, 0.3) is 0 Å². The number of thioether (sulfide) groups is 1. The van der Waals surface area contributed by atoms with Gasteiger partial charge in [-0.1, -0.05) is 13.0 Å². The van der Waals surface area contributed by atoms with Crippen molar-refractivity contribution in [3.05, 3.63) is 28.2 Å². The van der Waals surface area contributed by atoms with E-state index in [4.69, 9.17) is 4.74 Å². The minimum absolute atomic E-state index is 0.757. The van der Waals surface area contributed by atoms with E-state index in [0.29, 0.717) is 0 Å². The van der Waals surface area contributed by atoms with E-state index >= 15 is 0 Å². The second-order valence-corrected chi connectivity index (χ2v) is 5.62. The van der Waals surface area contributed by atoms with Crippen LogP contribution in [0.4, 0.5) is 0 Å². The first kappa shape index (κ1) is 14.9. The third-order valence-corrected chi connectivity index (χ3v) is 3.49. The van der Waals surface area contributed by atoms with E-state index < -0.39 is 0 Å². The van der Waals surface area contributed by atoms with Crippen molar-refractivity contribution in [3.8, 4) is 5.75 Å². The molecule has 1 aromatic rings. The minimum atomic E-state index is 0.757. The number of rotatable bonds is 8. The predicted molar refractivity (Wildman–Crippen MR) is 80.0 cm³/mol. The van der Waals surface area contributed by atoms with Crippen molar-refractivity contribution < 1.29 is 4.74 Å². The SMILES string of the molecule is CCCNCc1ccc(OCCSC)c(Br)c1. The summed E-state index contributed by atoms with van der Waals surface area (Å²) in [7, 11) is 0. The van der Waals surface area contributed by atoms with Gasteiger partial charge in [0.1, 0.15) is 5.75 Å². The van der Waals surface area contributed by atoms with Gasteiger partial charge in [0.2, 0.25) is 0 Å². The maximum atomic E-state index is 5.67. The number of halogens is 1. The molecule has 0 aliphatic carbocycles. The van der Waals surface area contributed by atoms with E-state index in [1.165, 1.54) is 5.56 Å². The van der Waals surface area contributed by atoms with Gasteiger partial charge in [-0.2, -0.15) is 11.8 Å². The Labute approximate surface area is 117 Å². The second kappa shape index (κ2) is 8.84. The van der Waals surface area contributed by atoms with Crippen molar-refractivity contribution >= 4 is 27.7 Å². The van der Waals surface area contributed by atoms with Gasteiger partial charge in [0, 0.05) is 12.3 Å². The molecular formula is C13H20BrNOS. The van der Waals surface area contributed by atoms with Crippen LogP contribution in [-0.4, -0.2) is 25.2 Å². The van der Waals surface area contributed by atoms with E-state index in [0.717, 1.165) is 42.1 Å². The van der Waals surface area contributed by atoms with Crippen LogP contribution in [-0.2, 0) is 6.54 Å². The molecule has 1 aromatic carbocycles. The zero-order valence-electron chi connectivity index (χ0n) is 10.5. The number of ether oxygens (including phenoxy) is 1. The Kier molecular flexibility index (Phi) is 7.73. The number of nitrogens with one attached hydrogen (secondary N) is 1. The van der Waals surface area contributed by atoms with Crippen LogP contribution in [0.3, 0.4) is 0 Å². The highest BCUT2D eigenvalue weighted by molar-refractivity contribution is 9.10. The summed E-state index contributed by atoms with van der Waals surface area (Å²) in [5, 5.41) is 3.39. The molecule has 0 radical (unpaired) electrons. The molecule has 1 N–H and O–H groups in total. The fraction of sp³-hybridized carbons (Fsp3) is 0.538. The fourth-order valence-corrected chi connectivity index (χ4v) is 2.21. The molecule has 1 rings (SSSR count). The monoisotopic (exact) mass is 317 g/mol. The van der Waals surface area contributed by atoms with Crippen LogP contribution >= 0.6 is 27.7 Å². The molecule has 0 heterocycles. The predicted octanol–water partition coefficient (Wildman–Crippen LogP) is 3.69. The largest absolute Gasteiger partial charge is 0.492 e. The summed E-state index contributed by atoms with van der Waals surface area (Å²) in [4.78, 5) is 0. The Morgan fingerprint density at radius 1 is 1.41 bits per heavy atom. The number of hydrogen-bond acceptors (Lipinski definition) is 3. The summed E-state index contributed by atoms with van der Waals surface area (Å²) in [6, 6.07) is 6.27. The molecule has 96 valence electrons. The molecule has 0 saturated carbocycles. The molecule has 0 saturated heterocycles. The minimum Gasteiger partial charge on any atom is -0.492 e. The Morgan fingerprint density at radius 3 is 2.88 bits per heavy atom. The average Bonchev–Trinajstić information content (AvgIpc) is 2.32. The Hall–Kier alpha value is -0.190. The number of hydrogen-bond donors (Lipinski definition) is 1. The van der Waals surface area contributed by atoms with Gasteiger partial charge in [0.05, 0.1) is 11.1 Å². The highest BCUT2D eigenvalue weighted by Gasteiger charge is 2.02. The van der Waals surface area contributed by atoms with Gasteiger partial charge < -0.3 is 10.1 Å². The lowest BCUT2D eigenvalue weighted by Crippen LogP contribution is -2.13. The standard InChI is InChI=1S/C13H20BrNOS/c1-3-6-15-10-11-4-5-13(12(14)9-11)16-7-8-17-2/h4-5,9,15H,3,6-8,10H2,1-2H3. The third kappa shape index (κ3) is 5.80. The van der Waals surface area contributed by atoms with Crippen LogP contribution < -0.4 is 10.1 Å². The highest BCUT2D eigenvalue weighted by atomic mass is 79.9. The summed E-state index contributed by atoms with van der Waals surface area (Å²) in [5.74, 6) is 1.95. The molecule has 0 atom stereocenters. The van der Waals surface area contributed by atoms with Crippen molar-refractivity contribution in [2.75, 3.05) is 25.2 Å². The molecule has 0 amide bonds. The van der Waals surface area contributed by atoms with Crippen molar-refractivity contribution in [3.63, 3.8) is 0 Å². The summed E-state index contributed by atoms with van der Waals surface area (Å²) in [6.07, 6.45) is 3.25. The zero-order valence-corrected chi connectivity index (χ0v) is 12.9. The lowest BCUT2D eigenvalue weighted by molar-refractivity contribution is 0.342. The lowest BCUT2D eigenvalue weighted by atomic mass is 10.2. The van der Waals surface area contributed by atoms with Crippen molar-refractivity contribution in [2.24, 2.45) is 0 Å². The van der Waals surface area contributed by atoms with Gasteiger partial charge in [-0.3, -0.25) is 0 Å². The first-order valence-electron chi connectivity index (χ1n) is 5.88. The molecule has 0 fully saturated rings. The van der Waals surface area contributed by atoms with E-state index in [-0.39, 0.29) is 0 Å². The van der Waals surface area contributed by atoms with Crippen LogP contribution in [0.25, 0.3) is 0 Å². The van der Waals surface area contributed by atoms with Crippen molar-refractivity contribution in [1.82, 2.24) is 5.32 Å². The van der Waals surface area contributed by atoms with E-state index in [1.54, 1.807) is 11.8 Å². The van der Waals surface area contributed by atoms with Crippen LogP contribution in [0.5, 0.6) is 5.75 Å². The first-order chi connectivity index (χ1) is 8.27. The van der Waals surface area contributed by atoms with Crippen LogP contribution in [0.1, 0.15) is 18.9 Å². The Balaban J connectivity index is 2.47. The molecule has 0 bridgehead atoms. The molecule has 17 heavy (non-hydrogen) atoms. The molecule has 0 aliphatic heterocycles. The van der Waals surface area contributed by atoms with Crippen molar-refractivity contribution in [1.29, 1.82) is 0 Å². The molecule has 0 aromatic heterocycles. The van der Waals surface area contributed by atoms with E-state index in [2.05, 4.69) is 46.6 Å². The molecule has 0 aliphatic rings. The normalized spacial score (nSPS) is 10.5. The van der Waals surface area contributed by atoms with Crippen LogP contribution in [0, 0.1) is 0 Å². The van der Waals surface area contributed by atoms with Crippen LogP contribution in [0.15, 0.2) is 22.7 Å². The molecule has 4 heteroatoms. The quantitative estimate of drug-likeness (QED) is 0.739. The molecule has 2 nitrogen and oxygen atoms in total. The van der Waals surface area contributed by atoms with E-state index in [1.807, 2.05) is 6.07 Å². The Bertz CT molecular complexity index is 333. The average molecular weight is 318 g/mol. The van der Waals surface area contributed by atoms with Gasteiger partial charge in [0.15, 0.2) is 0 Å². The summed E-state index contributed by atoms with van der Waals surface area (Å²) in [6.45, 7) is 4.90. The maximum absolute atomic E-state index is 5.67. The zero-order chi connectivity index (χ0) is 12.5.